The number of benzene rings is 1. The number of carbonyl (C=O) groups is 1. The van der Waals surface area contributed by atoms with Gasteiger partial charge in [-0.1, -0.05) is 29.8 Å². The lowest BCUT2D eigenvalue weighted by Crippen LogP contribution is -2.38. The maximum atomic E-state index is 12.0. The quantitative estimate of drug-likeness (QED) is 0.791. The summed E-state index contributed by atoms with van der Waals surface area (Å²) in [6.07, 6.45) is 0. The average molecular weight is 275 g/mol. The summed E-state index contributed by atoms with van der Waals surface area (Å²) in [4.78, 5) is 17.9. The molecule has 1 amide bonds. The van der Waals surface area contributed by atoms with E-state index in [2.05, 4.69) is 4.98 Å². The number of carbonyl (C=O) groups excluding carboxylic acids is 1. The molecule has 0 bridgehead atoms. The van der Waals surface area contributed by atoms with E-state index in [1.165, 1.54) is 0 Å². The number of rotatable bonds is 2. The van der Waals surface area contributed by atoms with Gasteiger partial charge in [0, 0.05) is 0 Å². The molecule has 0 N–H and O–H groups in total. The molecule has 3 rings (SSSR count). The van der Waals surface area contributed by atoms with Crippen LogP contribution < -0.4 is 9.64 Å². The molecule has 2 aromatic rings. The third kappa shape index (κ3) is 2.39. The largest absolute Gasteiger partial charge is 0.482 e. The first-order chi connectivity index (χ1) is 9.24. The van der Waals surface area contributed by atoms with Gasteiger partial charge in [-0.3, -0.25) is 9.69 Å². The third-order valence-corrected chi connectivity index (χ3v) is 3.11. The van der Waals surface area contributed by atoms with E-state index in [1.807, 2.05) is 36.4 Å². The summed E-state index contributed by atoms with van der Waals surface area (Å²) in [6, 6.07) is 12.8. The second kappa shape index (κ2) is 4.90. The number of para-hydroxylation sites is 2. The Kier molecular flexibility index (Phi) is 3.09. The molecule has 0 aliphatic carbocycles. The van der Waals surface area contributed by atoms with Crippen molar-refractivity contribution in [2.24, 2.45) is 0 Å². The molecule has 0 spiro atoms. The highest BCUT2D eigenvalue weighted by molar-refractivity contribution is 6.29. The van der Waals surface area contributed by atoms with Crippen molar-refractivity contribution in [1.82, 2.24) is 4.98 Å². The lowest BCUT2D eigenvalue weighted by Gasteiger charge is -2.29. The maximum Gasteiger partial charge on any atom is 0.265 e. The molecule has 1 aromatic heterocycles. The average Bonchev–Trinajstić information content (AvgIpc) is 2.42. The first-order valence-electron chi connectivity index (χ1n) is 5.88. The molecular weight excluding hydrogens is 264 g/mol. The number of hydrogen-bond acceptors (Lipinski definition) is 3. The highest BCUT2D eigenvalue weighted by Crippen LogP contribution is 2.32. The van der Waals surface area contributed by atoms with Crippen molar-refractivity contribution in [1.29, 1.82) is 0 Å². The lowest BCUT2D eigenvalue weighted by molar-refractivity contribution is -0.121. The number of hydrogen-bond donors (Lipinski definition) is 0. The van der Waals surface area contributed by atoms with Crippen LogP contribution in [0.5, 0.6) is 5.75 Å². The van der Waals surface area contributed by atoms with Crippen LogP contribution in [-0.2, 0) is 11.3 Å². The van der Waals surface area contributed by atoms with E-state index >= 15 is 0 Å². The Morgan fingerprint density at radius 2 is 2.05 bits per heavy atom. The van der Waals surface area contributed by atoms with Crippen molar-refractivity contribution in [2.75, 3.05) is 11.5 Å². The molecular formula is C14H11ClN2O2. The summed E-state index contributed by atoms with van der Waals surface area (Å²) in [6.45, 7) is 0.442. The number of pyridine rings is 1. The zero-order valence-electron chi connectivity index (χ0n) is 10.0. The van der Waals surface area contributed by atoms with Crippen molar-refractivity contribution < 1.29 is 9.53 Å². The number of anilines is 1. The van der Waals surface area contributed by atoms with Crippen molar-refractivity contribution in [3.05, 3.63) is 53.3 Å². The standard InChI is InChI=1S/C14H11ClN2O2/c15-13-7-3-4-10(16-13)8-17-11-5-1-2-6-12(11)19-9-14(17)18/h1-7H,8-9H2. The number of halogens is 1. The highest BCUT2D eigenvalue weighted by atomic mass is 35.5. The van der Waals surface area contributed by atoms with Crippen molar-refractivity contribution in [2.45, 2.75) is 6.54 Å². The normalized spacial score (nSPS) is 13.9. The molecule has 19 heavy (non-hydrogen) atoms. The third-order valence-electron chi connectivity index (χ3n) is 2.90. The van der Waals surface area contributed by atoms with Gasteiger partial charge in [-0.25, -0.2) is 4.98 Å². The van der Waals surface area contributed by atoms with E-state index < -0.39 is 0 Å². The second-order valence-electron chi connectivity index (χ2n) is 4.19. The monoisotopic (exact) mass is 274 g/mol. The zero-order chi connectivity index (χ0) is 13.2. The van der Waals surface area contributed by atoms with Crippen LogP contribution in [0, 0.1) is 0 Å². The minimum absolute atomic E-state index is 0.0532. The fourth-order valence-electron chi connectivity index (χ4n) is 2.03. The number of ether oxygens (including phenoxy) is 1. The van der Waals surface area contributed by atoms with E-state index in [0.29, 0.717) is 17.4 Å². The van der Waals surface area contributed by atoms with Crippen molar-refractivity contribution in [3.8, 4) is 5.75 Å². The number of nitrogens with zero attached hydrogens (tertiary/aromatic N) is 2. The topological polar surface area (TPSA) is 42.4 Å². The summed E-state index contributed by atoms with van der Waals surface area (Å²) in [5.74, 6) is 0.629. The molecule has 5 heteroatoms. The van der Waals surface area contributed by atoms with Gasteiger partial charge in [-0.05, 0) is 24.3 Å². The van der Waals surface area contributed by atoms with E-state index in [1.54, 1.807) is 11.0 Å². The second-order valence-corrected chi connectivity index (χ2v) is 4.58. The van der Waals surface area contributed by atoms with E-state index in [9.17, 15) is 4.79 Å². The highest BCUT2D eigenvalue weighted by Gasteiger charge is 2.25. The van der Waals surface area contributed by atoms with Crippen LogP contribution >= 0.6 is 11.6 Å². The molecule has 1 aliphatic heterocycles. The molecule has 0 saturated carbocycles. The molecule has 2 heterocycles. The Labute approximate surface area is 115 Å². The van der Waals surface area contributed by atoms with Crippen LogP contribution in [0.15, 0.2) is 42.5 Å². The Hall–Kier alpha value is -2.07. The Morgan fingerprint density at radius 3 is 2.89 bits per heavy atom. The minimum Gasteiger partial charge on any atom is -0.482 e. The molecule has 0 unspecified atom stereocenters. The zero-order valence-corrected chi connectivity index (χ0v) is 10.8. The van der Waals surface area contributed by atoms with Crippen LogP contribution in [-0.4, -0.2) is 17.5 Å². The number of fused-ring (bicyclic) bond motifs is 1. The van der Waals surface area contributed by atoms with Gasteiger partial charge in [-0.2, -0.15) is 0 Å². The van der Waals surface area contributed by atoms with E-state index in [4.69, 9.17) is 16.3 Å². The van der Waals surface area contributed by atoms with Gasteiger partial charge in [0.25, 0.3) is 5.91 Å². The molecule has 0 saturated heterocycles. The van der Waals surface area contributed by atoms with Crippen LogP contribution in [0.4, 0.5) is 5.69 Å². The maximum absolute atomic E-state index is 12.0. The van der Waals surface area contributed by atoms with Gasteiger partial charge in [-0.15, -0.1) is 0 Å². The molecule has 4 nitrogen and oxygen atoms in total. The molecule has 0 radical (unpaired) electrons. The Bertz CT molecular complexity index is 630. The van der Waals surface area contributed by atoms with Crippen LogP contribution in [0.25, 0.3) is 0 Å². The first kappa shape index (κ1) is 12.0. The van der Waals surface area contributed by atoms with Gasteiger partial charge in [0.05, 0.1) is 17.9 Å². The summed E-state index contributed by atoms with van der Waals surface area (Å²) in [7, 11) is 0. The predicted molar refractivity (Wildman–Crippen MR) is 72.4 cm³/mol. The number of aromatic nitrogens is 1. The summed E-state index contributed by atoms with van der Waals surface area (Å²) >= 11 is 5.86. The summed E-state index contributed by atoms with van der Waals surface area (Å²) < 4.78 is 5.39. The molecule has 1 aliphatic rings. The van der Waals surface area contributed by atoms with Gasteiger partial charge < -0.3 is 4.74 Å². The summed E-state index contributed by atoms with van der Waals surface area (Å²) in [5, 5.41) is 0.423. The first-order valence-corrected chi connectivity index (χ1v) is 6.25. The van der Waals surface area contributed by atoms with Gasteiger partial charge in [0.15, 0.2) is 6.61 Å². The van der Waals surface area contributed by atoms with Gasteiger partial charge in [0.2, 0.25) is 0 Å². The van der Waals surface area contributed by atoms with Gasteiger partial charge >= 0.3 is 0 Å². The fraction of sp³-hybridized carbons (Fsp3) is 0.143. The van der Waals surface area contributed by atoms with Gasteiger partial charge in [0.1, 0.15) is 10.9 Å². The van der Waals surface area contributed by atoms with E-state index in [-0.39, 0.29) is 12.5 Å². The Morgan fingerprint density at radius 1 is 1.21 bits per heavy atom. The van der Waals surface area contributed by atoms with Crippen LogP contribution in [0.2, 0.25) is 5.15 Å². The molecule has 96 valence electrons. The van der Waals surface area contributed by atoms with Crippen LogP contribution in [0.1, 0.15) is 5.69 Å². The molecule has 0 fully saturated rings. The minimum atomic E-state index is -0.0829. The number of amides is 1. The smallest absolute Gasteiger partial charge is 0.265 e. The molecule has 1 aromatic carbocycles. The predicted octanol–water partition coefficient (Wildman–Crippen LogP) is 2.66. The van der Waals surface area contributed by atoms with E-state index in [0.717, 1.165) is 11.4 Å². The summed E-state index contributed by atoms with van der Waals surface area (Å²) in [5.41, 5.74) is 1.51. The lowest BCUT2D eigenvalue weighted by atomic mass is 10.2. The fourth-order valence-corrected chi connectivity index (χ4v) is 2.21. The Balaban J connectivity index is 1.94. The SMILES string of the molecule is O=C1COc2ccccc2N1Cc1cccc(Cl)n1. The van der Waals surface area contributed by atoms with Crippen LogP contribution in [0.3, 0.4) is 0 Å². The molecule has 0 atom stereocenters. The van der Waals surface area contributed by atoms with Crippen molar-refractivity contribution in [3.63, 3.8) is 0 Å². The van der Waals surface area contributed by atoms with Crippen molar-refractivity contribution >= 4 is 23.2 Å².